The van der Waals surface area contributed by atoms with Crippen LogP contribution in [0.15, 0.2) is 0 Å². The van der Waals surface area contributed by atoms with E-state index >= 15 is 0 Å². The molecule has 3 heteroatoms. The number of likely N-dealkylation sites (tertiary alicyclic amines) is 1. The number of rotatable bonds is 4. The van der Waals surface area contributed by atoms with Crippen LogP contribution in [-0.4, -0.2) is 36.5 Å². The molecule has 92 valence electrons. The van der Waals surface area contributed by atoms with Gasteiger partial charge in [0.2, 0.25) is 5.91 Å². The SMILES string of the molecule is CC(NCC1(C)CCC1)C(=O)N1CCCC1. The highest BCUT2D eigenvalue weighted by Crippen LogP contribution is 2.39. The standard InChI is InChI=1S/C13H24N2O/c1-11(12(16)15-8-3-4-9-15)14-10-13(2)6-5-7-13/h11,14H,3-10H2,1-2H3. The fourth-order valence-electron chi connectivity index (χ4n) is 2.66. The Kier molecular flexibility index (Phi) is 3.53. The van der Waals surface area contributed by atoms with Crippen LogP contribution in [0.2, 0.25) is 0 Å². The number of nitrogens with zero attached hydrogens (tertiary/aromatic N) is 1. The third kappa shape index (κ3) is 2.57. The summed E-state index contributed by atoms with van der Waals surface area (Å²) in [5.41, 5.74) is 0.458. The first-order chi connectivity index (χ1) is 7.61. The van der Waals surface area contributed by atoms with Crippen molar-refractivity contribution in [1.82, 2.24) is 10.2 Å². The molecule has 3 nitrogen and oxygen atoms in total. The van der Waals surface area contributed by atoms with Crippen molar-refractivity contribution in [2.75, 3.05) is 19.6 Å². The van der Waals surface area contributed by atoms with Crippen molar-refractivity contribution in [1.29, 1.82) is 0 Å². The molecule has 16 heavy (non-hydrogen) atoms. The molecule has 1 N–H and O–H groups in total. The third-order valence-electron chi connectivity index (χ3n) is 4.18. The lowest BCUT2D eigenvalue weighted by Crippen LogP contribution is -2.48. The zero-order valence-electron chi connectivity index (χ0n) is 10.6. The molecule has 1 amide bonds. The van der Waals surface area contributed by atoms with Crippen LogP contribution in [0.4, 0.5) is 0 Å². The van der Waals surface area contributed by atoms with Gasteiger partial charge in [0, 0.05) is 19.6 Å². The van der Waals surface area contributed by atoms with Crippen molar-refractivity contribution in [2.45, 2.75) is 52.0 Å². The molecule has 1 aliphatic carbocycles. The van der Waals surface area contributed by atoms with Crippen LogP contribution in [0.25, 0.3) is 0 Å². The Balaban J connectivity index is 1.74. The summed E-state index contributed by atoms with van der Waals surface area (Å²) in [5.74, 6) is 0.292. The Morgan fingerprint density at radius 3 is 2.44 bits per heavy atom. The molecule has 0 bridgehead atoms. The fraction of sp³-hybridized carbons (Fsp3) is 0.923. The zero-order valence-corrected chi connectivity index (χ0v) is 10.6. The lowest BCUT2D eigenvalue weighted by molar-refractivity contribution is -0.132. The molecule has 0 spiro atoms. The van der Waals surface area contributed by atoms with Crippen LogP contribution in [0, 0.1) is 5.41 Å². The largest absolute Gasteiger partial charge is 0.341 e. The molecule has 0 radical (unpaired) electrons. The minimum absolute atomic E-state index is 0.00414. The number of carbonyl (C=O) groups excluding carboxylic acids is 1. The maximum Gasteiger partial charge on any atom is 0.239 e. The van der Waals surface area contributed by atoms with Gasteiger partial charge in [0.1, 0.15) is 0 Å². The summed E-state index contributed by atoms with van der Waals surface area (Å²) in [6.07, 6.45) is 6.33. The zero-order chi connectivity index (χ0) is 11.6. The molecule has 2 rings (SSSR count). The van der Waals surface area contributed by atoms with Crippen molar-refractivity contribution in [2.24, 2.45) is 5.41 Å². The number of nitrogens with one attached hydrogen (secondary N) is 1. The quantitative estimate of drug-likeness (QED) is 0.789. The molecule has 2 fully saturated rings. The van der Waals surface area contributed by atoms with Crippen LogP contribution in [-0.2, 0) is 4.79 Å². The van der Waals surface area contributed by atoms with Crippen LogP contribution in [0.1, 0.15) is 46.0 Å². The summed E-state index contributed by atoms with van der Waals surface area (Å²) in [7, 11) is 0. The first kappa shape index (κ1) is 11.9. The first-order valence-electron chi connectivity index (χ1n) is 6.63. The highest BCUT2D eigenvalue weighted by atomic mass is 16.2. The van der Waals surface area contributed by atoms with Gasteiger partial charge in [-0.3, -0.25) is 4.79 Å². The molecule has 1 unspecified atom stereocenters. The molecule has 2 aliphatic rings. The first-order valence-corrected chi connectivity index (χ1v) is 6.63. The monoisotopic (exact) mass is 224 g/mol. The summed E-state index contributed by atoms with van der Waals surface area (Å²) in [5, 5.41) is 3.41. The van der Waals surface area contributed by atoms with Crippen LogP contribution < -0.4 is 5.32 Å². The summed E-state index contributed by atoms with van der Waals surface area (Å²) in [6.45, 7) is 7.23. The molecular weight excluding hydrogens is 200 g/mol. The van der Waals surface area contributed by atoms with E-state index in [4.69, 9.17) is 0 Å². The van der Waals surface area contributed by atoms with Crippen molar-refractivity contribution >= 4 is 5.91 Å². The van der Waals surface area contributed by atoms with Gasteiger partial charge in [-0.15, -0.1) is 0 Å². The second-order valence-corrected chi connectivity index (χ2v) is 5.80. The molecule has 1 heterocycles. The van der Waals surface area contributed by atoms with Gasteiger partial charge >= 0.3 is 0 Å². The van der Waals surface area contributed by atoms with E-state index in [0.29, 0.717) is 11.3 Å². The summed E-state index contributed by atoms with van der Waals surface area (Å²) < 4.78 is 0. The average molecular weight is 224 g/mol. The second kappa shape index (κ2) is 4.74. The summed E-state index contributed by atoms with van der Waals surface area (Å²) in [4.78, 5) is 14.0. The Morgan fingerprint density at radius 1 is 1.31 bits per heavy atom. The molecule has 1 saturated carbocycles. The van der Waals surface area contributed by atoms with E-state index in [1.165, 1.54) is 32.1 Å². The number of carbonyl (C=O) groups is 1. The van der Waals surface area contributed by atoms with E-state index < -0.39 is 0 Å². The number of hydrogen-bond acceptors (Lipinski definition) is 2. The molecular formula is C13H24N2O. The molecule has 0 aromatic heterocycles. The van der Waals surface area contributed by atoms with E-state index in [2.05, 4.69) is 12.2 Å². The summed E-state index contributed by atoms with van der Waals surface area (Å²) in [6, 6.07) is -0.00414. The maximum atomic E-state index is 12.0. The molecule has 1 saturated heterocycles. The van der Waals surface area contributed by atoms with Gasteiger partial charge in [-0.05, 0) is 38.0 Å². The van der Waals surface area contributed by atoms with Gasteiger partial charge in [0.25, 0.3) is 0 Å². The Labute approximate surface area is 98.6 Å². The van der Waals surface area contributed by atoms with Crippen molar-refractivity contribution in [3.05, 3.63) is 0 Å². The number of amides is 1. The highest BCUT2D eigenvalue weighted by molar-refractivity contribution is 5.81. The fourth-order valence-corrected chi connectivity index (χ4v) is 2.66. The van der Waals surface area contributed by atoms with Crippen LogP contribution in [0.3, 0.4) is 0 Å². The smallest absolute Gasteiger partial charge is 0.239 e. The molecule has 1 atom stereocenters. The van der Waals surface area contributed by atoms with E-state index in [-0.39, 0.29) is 6.04 Å². The normalized spacial score (nSPS) is 25.2. The Morgan fingerprint density at radius 2 is 1.94 bits per heavy atom. The van der Waals surface area contributed by atoms with E-state index in [1.807, 2.05) is 11.8 Å². The Hall–Kier alpha value is -0.570. The lowest BCUT2D eigenvalue weighted by Gasteiger charge is -2.39. The highest BCUT2D eigenvalue weighted by Gasteiger charge is 2.32. The lowest BCUT2D eigenvalue weighted by atomic mass is 9.70. The van der Waals surface area contributed by atoms with Crippen molar-refractivity contribution in [3.63, 3.8) is 0 Å². The second-order valence-electron chi connectivity index (χ2n) is 5.80. The topological polar surface area (TPSA) is 32.3 Å². The minimum Gasteiger partial charge on any atom is -0.341 e. The molecule has 0 aromatic carbocycles. The van der Waals surface area contributed by atoms with E-state index in [0.717, 1.165) is 19.6 Å². The van der Waals surface area contributed by atoms with Gasteiger partial charge in [0.05, 0.1) is 6.04 Å². The van der Waals surface area contributed by atoms with Gasteiger partial charge < -0.3 is 10.2 Å². The van der Waals surface area contributed by atoms with E-state index in [1.54, 1.807) is 0 Å². The number of hydrogen-bond donors (Lipinski definition) is 1. The minimum atomic E-state index is -0.00414. The van der Waals surface area contributed by atoms with Gasteiger partial charge in [-0.2, -0.15) is 0 Å². The average Bonchev–Trinajstić information content (AvgIpc) is 2.75. The Bertz CT molecular complexity index is 255. The predicted octanol–water partition coefficient (Wildman–Crippen LogP) is 1.78. The molecule has 0 aromatic rings. The van der Waals surface area contributed by atoms with Crippen molar-refractivity contribution < 1.29 is 4.79 Å². The third-order valence-corrected chi connectivity index (χ3v) is 4.18. The van der Waals surface area contributed by atoms with Gasteiger partial charge in [-0.25, -0.2) is 0 Å². The van der Waals surface area contributed by atoms with Crippen LogP contribution in [0.5, 0.6) is 0 Å². The predicted molar refractivity (Wildman–Crippen MR) is 65.2 cm³/mol. The van der Waals surface area contributed by atoms with Gasteiger partial charge in [0.15, 0.2) is 0 Å². The van der Waals surface area contributed by atoms with Crippen LogP contribution >= 0.6 is 0 Å². The molecule has 1 aliphatic heterocycles. The van der Waals surface area contributed by atoms with Gasteiger partial charge in [-0.1, -0.05) is 13.3 Å². The van der Waals surface area contributed by atoms with E-state index in [9.17, 15) is 4.79 Å². The summed E-state index contributed by atoms with van der Waals surface area (Å²) >= 11 is 0. The van der Waals surface area contributed by atoms with Crippen molar-refractivity contribution in [3.8, 4) is 0 Å². The maximum absolute atomic E-state index is 12.0.